The molecule has 0 fully saturated rings. The molecule has 0 bridgehead atoms. The van der Waals surface area contributed by atoms with Gasteiger partial charge in [-0.3, -0.25) is 9.11 Å². The summed E-state index contributed by atoms with van der Waals surface area (Å²) in [6.45, 7) is 13.5. The van der Waals surface area contributed by atoms with E-state index in [-0.39, 0.29) is 0 Å². The molecule has 0 saturated heterocycles. The largest absolute Gasteiger partial charge is 0.394 e. The molecule has 0 rings (SSSR count). The van der Waals surface area contributed by atoms with Crippen LogP contribution in [0.3, 0.4) is 0 Å². The number of hydrogen-bond donors (Lipinski definition) is 2. The van der Waals surface area contributed by atoms with Crippen molar-refractivity contribution in [1.82, 2.24) is 0 Å². The van der Waals surface area contributed by atoms with Gasteiger partial charge in [0, 0.05) is 13.2 Å². The maximum atomic E-state index is 8.74. The molecule has 0 unspecified atom stereocenters. The van der Waals surface area contributed by atoms with E-state index < -0.39 is 10.4 Å². The summed E-state index contributed by atoms with van der Waals surface area (Å²) < 4.78 is 70.6. The molecule has 0 heterocycles. The Balaban J connectivity index is 0. The van der Waals surface area contributed by atoms with Crippen molar-refractivity contribution in [3.05, 3.63) is 0 Å². The van der Waals surface area contributed by atoms with Gasteiger partial charge in [0.15, 0.2) is 0 Å². The Bertz CT molecular complexity index is 620. The van der Waals surface area contributed by atoms with Gasteiger partial charge in [-0.05, 0) is 12.8 Å². The third-order valence-corrected chi connectivity index (χ3v) is 7.52. The molecule has 0 aromatic rings. The van der Waals surface area contributed by atoms with E-state index in [0.29, 0.717) is 79.3 Å². The molecule has 0 aliphatic carbocycles. The molecule has 48 heavy (non-hydrogen) atoms. The Labute approximate surface area is 295 Å². The van der Waals surface area contributed by atoms with Crippen molar-refractivity contribution in [3.8, 4) is 0 Å². The SMILES string of the molecule is CCCCCCCCCCCCOCCOCCOCCOCCOCCOCCOCCCCCCCCCCCC.O=S(=O)(O)O. The molecule has 12 heteroatoms. The van der Waals surface area contributed by atoms with Crippen molar-refractivity contribution >= 4 is 10.4 Å². The molecule has 0 aliphatic heterocycles. The van der Waals surface area contributed by atoms with Gasteiger partial charge in [0.25, 0.3) is 0 Å². The van der Waals surface area contributed by atoms with Crippen LogP contribution >= 0.6 is 0 Å². The Hall–Kier alpha value is -0.410. The predicted octanol–water partition coefficient (Wildman–Crippen LogP) is 8.29. The normalized spacial score (nSPS) is 11.6. The Kier molecular flexibility index (Phi) is 46.2. The molecule has 0 spiro atoms. The molecule has 0 atom stereocenters. The molecule has 0 aromatic carbocycles. The lowest BCUT2D eigenvalue weighted by atomic mass is 10.1. The summed E-state index contributed by atoms with van der Waals surface area (Å²) in [7, 11) is -4.67. The molecule has 0 aromatic heterocycles. The fourth-order valence-electron chi connectivity index (χ4n) is 4.80. The lowest BCUT2D eigenvalue weighted by molar-refractivity contribution is -0.0206. The van der Waals surface area contributed by atoms with E-state index in [0.717, 1.165) is 26.1 Å². The van der Waals surface area contributed by atoms with Crippen LogP contribution in [-0.4, -0.2) is 110 Å². The lowest BCUT2D eigenvalue weighted by Gasteiger charge is -2.08. The fraction of sp³-hybridized carbons (Fsp3) is 1.00. The molecule has 0 radical (unpaired) electrons. The van der Waals surface area contributed by atoms with Gasteiger partial charge in [0.2, 0.25) is 0 Å². The van der Waals surface area contributed by atoms with Crippen LogP contribution in [0.1, 0.15) is 142 Å². The monoisotopic (exact) mass is 717 g/mol. The Morgan fingerprint density at radius 1 is 0.292 bits per heavy atom. The molecule has 0 saturated carbocycles. The average Bonchev–Trinajstić information content (AvgIpc) is 3.05. The van der Waals surface area contributed by atoms with Crippen LogP contribution in [0.25, 0.3) is 0 Å². The first-order valence-electron chi connectivity index (χ1n) is 19.2. The summed E-state index contributed by atoms with van der Waals surface area (Å²) in [6, 6.07) is 0. The van der Waals surface area contributed by atoms with E-state index in [1.54, 1.807) is 0 Å². The van der Waals surface area contributed by atoms with E-state index >= 15 is 0 Å². The summed E-state index contributed by atoms with van der Waals surface area (Å²) in [4.78, 5) is 0. The second kappa shape index (κ2) is 44.6. The van der Waals surface area contributed by atoms with Gasteiger partial charge in [-0.25, -0.2) is 0 Å². The summed E-state index contributed by atoms with van der Waals surface area (Å²) in [5.41, 5.74) is 0. The molecular weight excluding hydrogens is 640 g/mol. The van der Waals surface area contributed by atoms with Crippen LogP contribution in [0.4, 0.5) is 0 Å². The Morgan fingerprint density at radius 2 is 0.438 bits per heavy atom. The van der Waals surface area contributed by atoms with Crippen molar-refractivity contribution in [2.45, 2.75) is 142 Å². The highest BCUT2D eigenvalue weighted by molar-refractivity contribution is 7.79. The zero-order valence-corrected chi connectivity index (χ0v) is 31.8. The lowest BCUT2D eigenvalue weighted by Crippen LogP contribution is -2.14. The molecule has 0 amide bonds. The number of ether oxygens (including phenoxy) is 7. The predicted molar refractivity (Wildman–Crippen MR) is 194 cm³/mol. The smallest absolute Gasteiger partial charge is 0.379 e. The zero-order chi connectivity index (χ0) is 35.5. The van der Waals surface area contributed by atoms with Gasteiger partial charge in [-0.1, -0.05) is 129 Å². The van der Waals surface area contributed by atoms with Crippen LogP contribution in [0, 0.1) is 0 Å². The third kappa shape index (κ3) is 57.8. The molecule has 0 aliphatic rings. The summed E-state index contributed by atoms with van der Waals surface area (Å²) in [5, 5.41) is 0. The van der Waals surface area contributed by atoms with Crippen molar-refractivity contribution < 1.29 is 50.7 Å². The van der Waals surface area contributed by atoms with E-state index in [9.17, 15) is 0 Å². The van der Waals surface area contributed by atoms with Crippen molar-refractivity contribution in [3.63, 3.8) is 0 Å². The highest BCUT2D eigenvalue weighted by Crippen LogP contribution is 2.11. The topological polar surface area (TPSA) is 139 Å². The van der Waals surface area contributed by atoms with Gasteiger partial charge < -0.3 is 33.2 Å². The third-order valence-electron chi connectivity index (χ3n) is 7.52. The van der Waals surface area contributed by atoms with Crippen molar-refractivity contribution in [2.75, 3.05) is 92.5 Å². The summed E-state index contributed by atoms with van der Waals surface area (Å²) >= 11 is 0. The number of unbranched alkanes of at least 4 members (excludes halogenated alkanes) is 18. The first-order valence-corrected chi connectivity index (χ1v) is 20.6. The van der Waals surface area contributed by atoms with Crippen LogP contribution in [0.2, 0.25) is 0 Å². The van der Waals surface area contributed by atoms with E-state index in [1.165, 1.54) is 116 Å². The molecule has 2 N–H and O–H groups in total. The molecule has 11 nitrogen and oxygen atoms in total. The van der Waals surface area contributed by atoms with Gasteiger partial charge in [-0.15, -0.1) is 0 Å². The highest BCUT2D eigenvalue weighted by Gasteiger charge is 1.97. The minimum absolute atomic E-state index is 0.568. The second-order valence-corrected chi connectivity index (χ2v) is 13.0. The van der Waals surface area contributed by atoms with Crippen LogP contribution in [-0.2, 0) is 43.6 Å². The fourth-order valence-corrected chi connectivity index (χ4v) is 4.80. The van der Waals surface area contributed by atoms with Gasteiger partial charge in [-0.2, -0.15) is 8.42 Å². The van der Waals surface area contributed by atoms with E-state index in [2.05, 4.69) is 13.8 Å². The van der Waals surface area contributed by atoms with Crippen LogP contribution < -0.4 is 0 Å². The maximum Gasteiger partial charge on any atom is 0.394 e. The minimum atomic E-state index is -4.67. The van der Waals surface area contributed by atoms with Crippen LogP contribution in [0.5, 0.6) is 0 Å². The van der Waals surface area contributed by atoms with Gasteiger partial charge in [0.05, 0.1) is 79.3 Å². The second-order valence-electron chi connectivity index (χ2n) is 12.1. The standard InChI is InChI=1S/C36H74O7.H2O4S/c1-3-5-7-9-11-13-15-17-19-21-23-37-25-27-39-29-31-41-33-35-43-36-34-42-32-30-40-28-26-38-24-22-20-18-16-14-12-10-8-6-4-2;1-5(2,3)4/h3-36H2,1-2H3;(H2,1,2,3,4). The number of rotatable bonds is 40. The van der Waals surface area contributed by atoms with E-state index in [1.807, 2.05) is 0 Å². The van der Waals surface area contributed by atoms with Gasteiger partial charge >= 0.3 is 10.4 Å². The first kappa shape index (κ1) is 49.7. The maximum absolute atomic E-state index is 8.74. The summed E-state index contributed by atoms with van der Waals surface area (Å²) in [6.07, 6.45) is 27.0. The Morgan fingerprint density at radius 3 is 0.625 bits per heavy atom. The first-order chi connectivity index (χ1) is 23.4. The van der Waals surface area contributed by atoms with Crippen LogP contribution in [0.15, 0.2) is 0 Å². The summed E-state index contributed by atoms with van der Waals surface area (Å²) in [5.74, 6) is 0. The molecule has 292 valence electrons. The highest BCUT2D eigenvalue weighted by atomic mass is 32.3. The van der Waals surface area contributed by atoms with E-state index in [4.69, 9.17) is 50.7 Å². The minimum Gasteiger partial charge on any atom is -0.379 e. The van der Waals surface area contributed by atoms with Crippen molar-refractivity contribution in [1.29, 1.82) is 0 Å². The van der Waals surface area contributed by atoms with Gasteiger partial charge in [0.1, 0.15) is 0 Å². The molecular formula is C36H76O11S. The average molecular weight is 717 g/mol. The number of hydrogen-bond acceptors (Lipinski definition) is 9. The quantitative estimate of drug-likeness (QED) is 0.0468. The zero-order valence-electron chi connectivity index (χ0n) is 31.0. The van der Waals surface area contributed by atoms with Crippen molar-refractivity contribution in [2.24, 2.45) is 0 Å².